The van der Waals surface area contributed by atoms with Gasteiger partial charge in [-0.2, -0.15) is 0 Å². The van der Waals surface area contributed by atoms with Crippen molar-refractivity contribution in [2.45, 2.75) is 56.1 Å². The molecule has 1 saturated carbocycles. The zero-order valence-electron chi connectivity index (χ0n) is 18.2. The predicted octanol–water partition coefficient (Wildman–Crippen LogP) is 6.18. The fourth-order valence-electron chi connectivity index (χ4n) is 4.41. The Balaban J connectivity index is 1.50. The summed E-state index contributed by atoms with van der Waals surface area (Å²) in [7, 11) is 0. The normalized spacial score (nSPS) is 25.2. The molecule has 2 aromatic carbocycles. The molecule has 0 aromatic heterocycles. The van der Waals surface area contributed by atoms with Crippen LogP contribution in [0.2, 0.25) is 10.0 Å². The highest BCUT2D eigenvalue weighted by molar-refractivity contribution is 8.02. The lowest BCUT2D eigenvalue weighted by Gasteiger charge is -2.41. The molecule has 5 nitrogen and oxygen atoms in total. The molecular formula is C24H27Cl2N3O2S. The number of benzene rings is 2. The van der Waals surface area contributed by atoms with E-state index in [-0.39, 0.29) is 28.4 Å². The van der Waals surface area contributed by atoms with Gasteiger partial charge in [-0.1, -0.05) is 54.4 Å². The fourth-order valence-corrected chi connectivity index (χ4v) is 6.48. The van der Waals surface area contributed by atoms with Gasteiger partial charge in [0.05, 0.1) is 27.4 Å². The van der Waals surface area contributed by atoms with Crippen LogP contribution in [0.15, 0.2) is 42.5 Å². The summed E-state index contributed by atoms with van der Waals surface area (Å²) in [5.74, 6) is 0.414. The van der Waals surface area contributed by atoms with Gasteiger partial charge < -0.3 is 5.32 Å². The number of amides is 2. The second kappa shape index (κ2) is 9.54. The molecule has 1 heterocycles. The van der Waals surface area contributed by atoms with Crippen LogP contribution >= 0.6 is 35.0 Å². The van der Waals surface area contributed by atoms with Crippen molar-refractivity contribution in [3.8, 4) is 0 Å². The second-order valence-corrected chi connectivity index (χ2v) is 11.2. The Morgan fingerprint density at radius 3 is 2.44 bits per heavy atom. The molecule has 2 N–H and O–H groups in total. The average molecular weight is 492 g/mol. The summed E-state index contributed by atoms with van der Waals surface area (Å²) >= 11 is 14.3. The summed E-state index contributed by atoms with van der Waals surface area (Å²) in [4.78, 5) is 25.6. The Morgan fingerprint density at radius 1 is 1.09 bits per heavy atom. The Morgan fingerprint density at radius 2 is 1.75 bits per heavy atom. The Labute approximate surface area is 203 Å². The number of halogens is 2. The maximum Gasteiger partial charge on any atom is 0.255 e. The first-order chi connectivity index (χ1) is 15.3. The number of nitrogens with zero attached hydrogens (tertiary/aromatic N) is 1. The quantitative estimate of drug-likeness (QED) is 0.523. The first-order valence-electron chi connectivity index (χ1n) is 10.9. The molecule has 1 spiro atoms. The van der Waals surface area contributed by atoms with Gasteiger partial charge in [0.2, 0.25) is 5.91 Å². The minimum Gasteiger partial charge on any atom is -0.353 e. The number of hydrogen-bond donors (Lipinski definition) is 2. The number of anilines is 2. The van der Waals surface area contributed by atoms with E-state index in [0.29, 0.717) is 21.7 Å². The van der Waals surface area contributed by atoms with E-state index in [4.69, 9.17) is 23.2 Å². The molecule has 8 heteroatoms. The maximum atomic E-state index is 13.1. The highest BCUT2D eigenvalue weighted by Crippen LogP contribution is 2.50. The molecule has 170 valence electrons. The lowest BCUT2D eigenvalue weighted by atomic mass is 9.86. The number of hydrazine groups is 1. The van der Waals surface area contributed by atoms with E-state index >= 15 is 0 Å². The first kappa shape index (κ1) is 23.3. The smallest absolute Gasteiger partial charge is 0.255 e. The van der Waals surface area contributed by atoms with Crippen molar-refractivity contribution >= 4 is 58.2 Å². The lowest BCUT2D eigenvalue weighted by molar-refractivity contribution is -0.144. The van der Waals surface area contributed by atoms with Gasteiger partial charge in [-0.3, -0.25) is 15.0 Å². The van der Waals surface area contributed by atoms with E-state index in [9.17, 15) is 9.59 Å². The second-order valence-electron chi connectivity index (χ2n) is 8.65. The number of rotatable bonds is 5. The van der Waals surface area contributed by atoms with E-state index in [2.05, 4.69) is 17.7 Å². The number of nitrogens with one attached hydrogen (secondary N) is 2. The molecule has 2 amide bonds. The van der Waals surface area contributed by atoms with Crippen molar-refractivity contribution in [1.29, 1.82) is 0 Å². The monoisotopic (exact) mass is 491 g/mol. The van der Waals surface area contributed by atoms with Crippen LogP contribution in [0.1, 0.15) is 45.1 Å². The molecule has 1 aliphatic carbocycles. The van der Waals surface area contributed by atoms with Gasteiger partial charge >= 0.3 is 0 Å². The van der Waals surface area contributed by atoms with Gasteiger partial charge in [-0.25, -0.2) is 5.01 Å². The summed E-state index contributed by atoms with van der Waals surface area (Å²) in [6.07, 6.45) is 4.05. The van der Waals surface area contributed by atoms with Crippen molar-refractivity contribution < 1.29 is 9.59 Å². The van der Waals surface area contributed by atoms with Gasteiger partial charge in [0.1, 0.15) is 4.87 Å². The van der Waals surface area contributed by atoms with Crippen LogP contribution in [0.25, 0.3) is 0 Å². The highest BCUT2D eigenvalue weighted by Gasteiger charge is 2.52. The van der Waals surface area contributed by atoms with Gasteiger partial charge in [0.25, 0.3) is 5.91 Å². The zero-order chi connectivity index (χ0) is 22.9. The maximum absolute atomic E-state index is 13.1. The number of para-hydroxylation sites is 2. The van der Waals surface area contributed by atoms with Crippen molar-refractivity contribution in [3.63, 3.8) is 0 Å². The van der Waals surface area contributed by atoms with Crippen LogP contribution in [0, 0.1) is 5.92 Å². The SMILES string of the molecule is CC1CCC2(CC1)SC(C)C(=O)N2NC(=O)Cc1ccccc1Nc1c(Cl)cccc1Cl. The largest absolute Gasteiger partial charge is 0.353 e. The molecule has 1 atom stereocenters. The first-order valence-corrected chi connectivity index (χ1v) is 12.5. The molecule has 2 fully saturated rings. The van der Waals surface area contributed by atoms with Gasteiger partial charge in [0.15, 0.2) is 0 Å². The van der Waals surface area contributed by atoms with Crippen molar-refractivity contribution in [2.24, 2.45) is 5.92 Å². The number of thioether (sulfide) groups is 1. The molecule has 2 aromatic rings. The molecule has 1 aliphatic heterocycles. The predicted molar refractivity (Wildman–Crippen MR) is 132 cm³/mol. The highest BCUT2D eigenvalue weighted by atomic mass is 35.5. The van der Waals surface area contributed by atoms with Crippen LogP contribution in [0.5, 0.6) is 0 Å². The van der Waals surface area contributed by atoms with Crippen LogP contribution in [-0.2, 0) is 16.0 Å². The van der Waals surface area contributed by atoms with Gasteiger partial charge in [-0.15, -0.1) is 11.8 Å². The summed E-state index contributed by atoms with van der Waals surface area (Å²) in [6.45, 7) is 4.17. The van der Waals surface area contributed by atoms with Crippen LogP contribution in [0.4, 0.5) is 11.4 Å². The Hall–Kier alpha value is -1.89. The summed E-state index contributed by atoms with van der Waals surface area (Å²) in [6, 6.07) is 12.8. The summed E-state index contributed by atoms with van der Waals surface area (Å²) < 4.78 is 0. The fraction of sp³-hybridized carbons (Fsp3) is 0.417. The average Bonchev–Trinajstić information content (AvgIpc) is 2.98. The summed E-state index contributed by atoms with van der Waals surface area (Å²) in [5, 5.41) is 5.72. The van der Waals surface area contributed by atoms with Crippen LogP contribution < -0.4 is 10.7 Å². The Kier molecular flexibility index (Phi) is 6.94. The standard InChI is InChI=1S/C24H27Cl2N3O2S/c1-15-10-12-24(13-11-15)29(23(31)16(2)32-24)28-21(30)14-17-6-3-4-9-20(17)27-22-18(25)7-5-8-19(22)26/h3-9,15-16,27H,10-14H2,1-2H3,(H,28,30). The topological polar surface area (TPSA) is 61.4 Å². The third kappa shape index (κ3) is 4.73. The van der Waals surface area contributed by atoms with Crippen molar-refractivity contribution in [2.75, 3.05) is 5.32 Å². The summed E-state index contributed by atoms with van der Waals surface area (Å²) in [5.41, 5.74) is 5.07. The number of carbonyl (C=O) groups is 2. The zero-order valence-corrected chi connectivity index (χ0v) is 20.5. The van der Waals surface area contributed by atoms with E-state index < -0.39 is 0 Å². The molecule has 2 aliphatic rings. The number of hydrogen-bond acceptors (Lipinski definition) is 4. The van der Waals surface area contributed by atoms with Crippen LogP contribution in [0.3, 0.4) is 0 Å². The molecule has 4 rings (SSSR count). The number of carbonyl (C=O) groups excluding carboxylic acids is 2. The third-order valence-corrected chi connectivity index (χ3v) is 8.47. The third-order valence-electron chi connectivity index (χ3n) is 6.25. The van der Waals surface area contributed by atoms with Gasteiger partial charge in [-0.05, 0) is 62.3 Å². The molecular weight excluding hydrogens is 465 g/mol. The minimum atomic E-state index is -0.332. The molecule has 32 heavy (non-hydrogen) atoms. The molecule has 0 radical (unpaired) electrons. The molecule has 1 saturated heterocycles. The lowest BCUT2D eigenvalue weighted by Crippen LogP contribution is -2.56. The minimum absolute atomic E-state index is 0.0211. The van der Waals surface area contributed by atoms with Crippen molar-refractivity contribution in [3.05, 3.63) is 58.1 Å². The van der Waals surface area contributed by atoms with E-state index in [1.54, 1.807) is 35.0 Å². The van der Waals surface area contributed by atoms with E-state index in [1.165, 1.54) is 0 Å². The molecule has 1 unspecified atom stereocenters. The van der Waals surface area contributed by atoms with E-state index in [1.807, 2.05) is 31.2 Å². The van der Waals surface area contributed by atoms with Gasteiger partial charge in [0, 0.05) is 5.69 Å². The Bertz CT molecular complexity index is 1000. The van der Waals surface area contributed by atoms with Crippen LogP contribution in [-0.4, -0.2) is 26.9 Å². The van der Waals surface area contributed by atoms with Crippen molar-refractivity contribution in [1.82, 2.24) is 10.4 Å². The molecule has 0 bridgehead atoms. The van der Waals surface area contributed by atoms with E-state index in [0.717, 1.165) is 36.9 Å².